The zero-order valence-electron chi connectivity index (χ0n) is 9.51. The van der Waals surface area contributed by atoms with Crippen molar-refractivity contribution < 1.29 is 4.74 Å². The number of aromatic nitrogens is 3. The molecule has 0 fully saturated rings. The molecule has 2 aromatic rings. The Labute approximate surface area is 98.0 Å². The van der Waals surface area contributed by atoms with E-state index in [2.05, 4.69) is 10.2 Å². The van der Waals surface area contributed by atoms with Gasteiger partial charge >= 0.3 is 5.69 Å². The Bertz CT molecular complexity index is 583. The second-order valence-corrected chi connectivity index (χ2v) is 4.14. The van der Waals surface area contributed by atoms with Crippen molar-refractivity contribution in [1.82, 2.24) is 14.8 Å². The Kier molecular flexibility index (Phi) is 2.24. The fourth-order valence-corrected chi connectivity index (χ4v) is 2.37. The Balaban J connectivity index is 2.00. The Morgan fingerprint density at radius 3 is 2.88 bits per heavy atom. The van der Waals surface area contributed by atoms with Crippen molar-refractivity contribution >= 4 is 0 Å². The number of hydrogen-bond donors (Lipinski definition) is 1. The van der Waals surface area contributed by atoms with Crippen LogP contribution in [0.4, 0.5) is 0 Å². The predicted octanol–water partition coefficient (Wildman–Crippen LogP) is 1.12. The largest absolute Gasteiger partial charge is 0.497 e. The van der Waals surface area contributed by atoms with Gasteiger partial charge in [-0.1, -0.05) is 12.1 Å². The Morgan fingerprint density at radius 2 is 2.18 bits per heavy atom. The number of H-pyrrole nitrogens is 1. The maximum Gasteiger partial charge on any atom is 0.343 e. The third-order valence-corrected chi connectivity index (χ3v) is 3.23. The van der Waals surface area contributed by atoms with Gasteiger partial charge in [0, 0.05) is 6.42 Å². The van der Waals surface area contributed by atoms with Crippen LogP contribution in [0.1, 0.15) is 23.9 Å². The zero-order valence-corrected chi connectivity index (χ0v) is 9.51. The van der Waals surface area contributed by atoms with E-state index in [4.69, 9.17) is 4.74 Å². The van der Waals surface area contributed by atoms with Gasteiger partial charge in [-0.15, -0.1) is 0 Å². The molecule has 88 valence electrons. The smallest absolute Gasteiger partial charge is 0.343 e. The van der Waals surface area contributed by atoms with Crippen molar-refractivity contribution in [2.45, 2.75) is 18.9 Å². The summed E-state index contributed by atoms with van der Waals surface area (Å²) in [6, 6.07) is 7.93. The minimum Gasteiger partial charge on any atom is -0.497 e. The summed E-state index contributed by atoms with van der Waals surface area (Å²) in [4.78, 5) is 11.6. The molecule has 5 heteroatoms. The molecule has 0 aliphatic carbocycles. The van der Waals surface area contributed by atoms with Crippen molar-refractivity contribution in [1.29, 1.82) is 0 Å². The highest BCUT2D eigenvalue weighted by Crippen LogP contribution is 2.29. The fraction of sp³-hybridized carbons (Fsp3) is 0.333. The van der Waals surface area contributed by atoms with E-state index < -0.39 is 0 Å². The van der Waals surface area contributed by atoms with Crippen LogP contribution in [-0.4, -0.2) is 21.9 Å². The van der Waals surface area contributed by atoms with Gasteiger partial charge in [0.25, 0.3) is 0 Å². The monoisotopic (exact) mass is 231 g/mol. The molecule has 0 bridgehead atoms. The lowest BCUT2D eigenvalue weighted by Gasteiger charge is -2.12. The Hall–Kier alpha value is -2.04. The first-order valence-corrected chi connectivity index (χ1v) is 5.59. The van der Waals surface area contributed by atoms with Crippen LogP contribution >= 0.6 is 0 Å². The fourth-order valence-electron chi connectivity index (χ4n) is 2.37. The molecule has 1 unspecified atom stereocenters. The van der Waals surface area contributed by atoms with Crippen LogP contribution in [0.25, 0.3) is 0 Å². The molecule has 0 radical (unpaired) electrons. The number of ether oxygens (including phenoxy) is 1. The van der Waals surface area contributed by atoms with Gasteiger partial charge in [-0.25, -0.2) is 9.89 Å². The van der Waals surface area contributed by atoms with Crippen molar-refractivity contribution in [3.05, 3.63) is 46.1 Å². The quantitative estimate of drug-likeness (QED) is 0.842. The summed E-state index contributed by atoms with van der Waals surface area (Å²) in [7, 11) is 1.64. The van der Waals surface area contributed by atoms with Crippen LogP contribution in [0.15, 0.2) is 29.1 Å². The third-order valence-electron chi connectivity index (χ3n) is 3.23. The normalized spacial score (nSPS) is 18.1. The van der Waals surface area contributed by atoms with E-state index in [9.17, 15) is 4.79 Å². The van der Waals surface area contributed by atoms with Crippen LogP contribution < -0.4 is 10.4 Å². The summed E-state index contributed by atoms with van der Waals surface area (Å²) in [5.74, 6) is 1.67. The highest BCUT2D eigenvalue weighted by Gasteiger charge is 2.26. The van der Waals surface area contributed by atoms with Crippen molar-refractivity contribution in [2.24, 2.45) is 0 Å². The number of nitrogens with zero attached hydrogens (tertiary/aromatic N) is 2. The average Bonchev–Trinajstić information content (AvgIpc) is 2.93. The van der Waals surface area contributed by atoms with E-state index in [1.165, 1.54) is 0 Å². The van der Waals surface area contributed by atoms with Crippen LogP contribution in [0.2, 0.25) is 0 Å². The third kappa shape index (κ3) is 1.54. The number of aromatic amines is 1. The number of nitrogens with one attached hydrogen (secondary N) is 1. The molecule has 1 atom stereocenters. The lowest BCUT2D eigenvalue weighted by molar-refractivity contribution is 0.414. The van der Waals surface area contributed by atoms with Gasteiger partial charge in [-0.05, 0) is 24.1 Å². The maximum absolute atomic E-state index is 11.6. The number of fused-ring (bicyclic) bond motifs is 1. The second-order valence-electron chi connectivity index (χ2n) is 4.14. The topological polar surface area (TPSA) is 59.9 Å². The number of benzene rings is 1. The van der Waals surface area contributed by atoms with Crippen LogP contribution in [0.3, 0.4) is 0 Å². The SMILES string of the molecule is COc1ccc(C2CCc3n[nH]c(=O)n32)cc1. The van der Waals surface area contributed by atoms with E-state index in [1.54, 1.807) is 11.7 Å². The van der Waals surface area contributed by atoms with Crippen molar-refractivity contribution in [3.8, 4) is 5.75 Å². The number of rotatable bonds is 2. The summed E-state index contributed by atoms with van der Waals surface area (Å²) in [6.45, 7) is 0. The lowest BCUT2D eigenvalue weighted by atomic mass is 10.0. The number of hydrogen-bond acceptors (Lipinski definition) is 3. The molecule has 1 aromatic carbocycles. The highest BCUT2D eigenvalue weighted by molar-refractivity contribution is 5.30. The zero-order chi connectivity index (χ0) is 11.8. The van der Waals surface area contributed by atoms with Crippen LogP contribution in [-0.2, 0) is 6.42 Å². The standard InChI is InChI=1S/C12H13N3O2/c1-17-9-4-2-8(3-5-9)10-6-7-11-13-14-12(16)15(10)11/h2-5,10H,6-7H2,1H3,(H,14,16). The van der Waals surface area contributed by atoms with Crippen molar-refractivity contribution in [3.63, 3.8) is 0 Å². The molecule has 1 N–H and O–H groups in total. The lowest BCUT2D eigenvalue weighted by Crippen LogP contribution is -2.20. The van der Waals surface area contributed by atoms with Crippen LogP contribution in [0, 0.1) is 0 Å². The Morgan fingerprint density at radius 1 is 1.41 bits per heavy atom. The van der Waals surface area contributed by atoms with E-state index in [0.29, 0.717) is 0 Å². The molecule has 0 saturated heterocycles. The van der Waals surface area contributed by atoms with Gasteiger partial charge in [0.15, 0.2) is 0 Å². The molecule has 3 rings (SSSR count). The molecule has 0 amide bonds. The van der Waals surface area contributed by atoms with E-state index in [0.717, 1.165) is 30.0 Å². The summed E-state index contributed by atoms with van der Waals surface area (Å²) >= 11 is 0. The summed E-state index contributed by atoms with van der Waals surface area (Å²) in [5, 5.41) is 6.50. The highest BCUT2D eigenvalue weighted by atomic mass is 16.5. The molecule has 1 aliphatic rings. The maximum atomic E-state index is 11.6. The molecule has 0 saturated carbocycles. The summed E-state index contributed by atoms with van der Waals surface area (Å²) in [6.07, 6.45) is 1.77. The molecule has 2 heterocycles. The molecule has 1 aliphatic heterocycles. The average molecular weight is 231 g/mol. The van der Waals surface area contributed by atoms with Gasteiger partial charge in [0.05, 0.1) is 13.2 Å². The van der Waals surface area contributed by atoms with E-state index in [1.807, 2.05) is 24.3 Å². The summed E-state index contributed by atoms with van der Waals surface area (Å²) < 4.78 is 6.86. The number of aryl methyl sites for hydroxylation is 1. The minimum absolute atomic E-state index is 0.0992. The van der Waals surface area contributed by atoms with Gasteiger partial charge in [0.1, 0.15) is 11.6 Å². The first kappa shape index (κ1) is 10.1. The minimum atomic E-state index is -0.127. The molecular formula is C12H13N3O2. The molecule has 17 heavy (non-hydrogen) atoms. The first-order chi connectivity index (χ1) is 8.29. The predicted molar refractivity (Wildman–Crippen MR) is 62.3 cm³/mol. The number of methoxy groups -OCH3 is 1. The van der Waals surface area contributed by atoms with Gasteiger partial charge in [-0.3, -0.25) is 4.57 Å². The molecule has 1 aromatic heterocycles. The first-order valence-electron chi connectivity index (χ1n) is 5.59. The van der Waals surface area contributed by atoms with Gasteiger partial charge in [0.2, 0.25) is 0 Å². The van der Waals surface area contributed by atoms with Gasteiger partial charge in [-0.2, -0.15) is 5.10 Å². The molecule has 5 nitrogen and oxygen atoms in total. The molecule has 0 spiro atoms. The second kappa shape index (κ2) is 3.76. The van der Waals surface area contributed by atoms with Gasteiger partial charge < -0.3 is 4.74 Å². The van der Waals surface area contributed by atoms with Crippen molar-refractivity contribution in [2.75, 3.05) is 7.11 Å². The van der Waals surface area contributed by atoms with E-state index >= 15 is 0 Å². The summed E-state index contributed by atoms with van der Waals surface area (Å²) in [5.41, 5.74) is 0.992. The van der Waals surface area contributed by atoms with E-state index in [-0.39, 0.29) is 11.7 Å². The molecular weight excluding hydrogens is 218 g/mol. The van der Waals surface area contributed by atoms with Crippen LogP contribution in [0.5, 0.6) is 5.75 Å².